The third kappa shape index (κ3) is 2.83. The largest absolute Gasteiger partial charge is 0.467 e. The zero-order valence-electron chi connectivity index (χ0n) is 12.8. The molecule has 24 heavy (non-hydrogen) atoms. The van der Waals surface area contributed by atoms with E-state index in [1.165, 1.54) is 11.3 Å². The Morgan fingerprint density at radius 2 is 2.17 bits per heavy atom. The lowest BCUT2D eigenvalue weighted by Gasteiger charge is -2.15. The standard InChI is InChI=1S/C18H15N3O2S/c22-18(17-11-13-5-1-2-7-16(13)24-17)19-12-14(15-6-3-10-23-15)21-9-4-8-20-21/h1-11,14H,12H2,(H,19,22)/t14-/m0/s1. The normalized spacial score (nSPS) is 12.3. The number of hydrogen-bond acceptors (Lipinski definition) is 4. The van der Waals surface area contributed by atoms with Gasteiger partial charge in [0, 0.05) is 23.6 Å². The highest BCUT2D eigenvalue weighted by molar-refractivity contribution is 7.20. The lowest BCUT2D eigenvalue weighted by atomic mass is 10.2. The van der Waals surface area contributed by atoms with Gasteiger partial charge in [0.05, 0.1) is 11.1 Å². The van der Waals surface area contributed by atoms with Crippen molar-refractivity contribution < 1.29 is 9.21 Å². The van der Waals surface area contributed by atoms with Gasteiger partial charge in [-0.1, -0.05) is 18.2 Å². The fourth-order valence-corrected chi connectivity index (χ4v) is 3.62. The van der Waals surface area contributed by atoms with Gasteiger partial charge in [-0.25, -0.2) is 0 Å². The maximum absolute atomic E-state index is 12.5. The zero-order chi connectivity index (χ0) is 16.4. The lowest BCUT2D eigenvalue weighted by Crippen LogP contribution is -2.31. The van der Waals surface area contributed by atoms with Gasteiger partial charge in [0.25, 0.3) is 5.91 Å². The van der Waals surface area contributed by atoms with Crippen molar-refractivity contribution in [3.63, 3.8) is 0 Å². The molecule has 0 aliphatic rings. The Hall–Kier alpha value is -2.86. The predicted molar refractivity (Wildman–Crippen MR) is 93.2 cm³/mol. The molecule has 1 aromatic carbocycles. The molecule has 1 N–H and O–H groups in total. The van der Waals surface area contributed by atoms with E-state index in [0.29, 0.717) is 11.4 Å². The molecular formula is C18H15N3O2S. The Morgan fingerprint density at radius 1 is 1.25 bits per heavy atom. The number of benzene rings is 1. The molecule has 0 unspecified atom stereocenters. The van der Waals surface area contributed by atoms with Crippen molar-refractivity contribution in [3.8, 4) is 0 Å². The maximum Gasteiger partial charge on any atom is 0.261 e. The van der Waals surface area contributed by atoms with Gasteiger partial charge in [-0.3, -0.25) is 9.48 Å². The van der Waals surface area contributed by atoms with Crippen LogP contribution >= 0.6 is 11.3 Å². The first-order valence-electron chi connectivity index (χ1n) is 7.60. The number of hydrogen-bond donors (Lipinski definition) is 1. The Morgan fingerprint density at radius 3 is 2.92 bits per heavy atom. The molecule has 1 atom stereocenters. The summed E-state index contributed by atoms with van der Waals surface area (Å²) in [5.74, 6) is 0.676. The fourth-order valence-electron chi connectivity index (χ4n) is 2.64. The van der Waals surface area contributed by atoms with Crippen molar-refractivity contribution in [2.45, 2.75) is 6.04 Å². The zero-order valence-corrected chi connectivity index (χ0v) is 13.6. The molecule has 0 radical (unpaired) electrons. The summed E-state index contributed by atoms with van der Waals surface area (Å²) in [6.07, 6.45) is 5.20. The van der Waals surface area contributed by atoms with Crippen molar-refractivity contribution in [1.82, 2.24) is 15.1 Å². The van der Waals surface area contributed by atoms with Crippen LogP contribution in [-0.2, 0) is 0 Å². The number of nitrogens with one attached hydrogen (secondary N) is 1. The van der Waals surface area contributed by atoms with Crippen LogP contribution in [0.15, 0.2) is 71.6 Å². The molecule has 0 spiro atoms. The summed E-state index contributed by atoms with van der Waals surface area (Å²) in [6.45, 7) is 0.405. The third-order valence-corrected chi connectivity index (χ3v) is 4.94. The Balaban J connectivity index is 1.52. The van der Waals surface area contributed by atoms with Crippen LogP contribution in [0.25, 0.3) is 10.1 Å². The summed E-state index contributed by atoms with van der Waals surface area (Å²) in [4.78, 5) is 13.2. The van der Waals surface area contributed by atoms with E-state index >= 15 is 0 Å². The third-order valence-electron chi connectivity index (χ3n) is 3.82. The molecule has 3 heterocycles. The molecule has 4 aromatic rings. The van der Waals surface area contributed by atoms with Gasteiger partial charge >= 0.3 is 0 Å². The van der Waals surface area contributed by atoms with Crippen LogP contribution in [0.1, 0.15) is 21.5 Å². The van der Waals surface area contributed by atoms with E-state index in [4.69, 9.17) is 4.42 Å². The molecule has 5 nitrogen and oxygen atoms in total. The van der Waals surface area contributed by atoms with E-state index in [1.807, 2.05) is 54.7 Å². The molecular weight excluding hydrogens is 322 g/mol. The van der Waals surface area contributed by atoms with Crippen LogP contribution in [0, 0.1) is 0 Å². The molecule has 4 rings (SSSR count). The van der Waals surface area contributed by atoms with Gasteiger partial charge in [0.1, 0.15) is 11.8 Å². The number of amides is 1. The molecule has 0 saturated carbocycles. The number of fused-ring (bicyclic) bond motifs is 1. The van der Waals surface area contributed by atoms with Crippen LogP contribution in [0.4, 0.5) is 0 Å². The average molecular weight is 337 g/mol. The highest BCUT2D eigenvalue weighted by atomic mass is 32.1. The number of carbonyl (C=O) groups excluding carboxylic acids is 1. The average Bonchev–Trinajstić information content (AvgIpc) is 3.35. The minimum Gasteiger partial charge on any atom is -0.467 e. The lowest BCUT2D eigenvalue weighted by molar-refractivity contribution is 0.0952. The van der Waals surface area contributed by atoms with E-state index in [-0.39, 0.29) is 11.9 Å². The summed E-state index contributed by atoms with van der Waals surface area (Å²) in [5.41, 5.74) is 0. The van der Waals surface area contributed by atoms with Crippen molar-refractivity contribution in [3.05, 3.63) is 77.8 Å². The van der Waals surface area contributed by atoms with Crippen molar-refractivity contribution >= 4 is 27.3 Å². The van der Waals surface area contributed by atoms with Crippen LogP contribution in [0.3, 0.4) is 0 Å². The van der Waals surface area contributed by atoms with E-state index in [2.05, 4.69) is 10.4 Å². The van der Waals surface area contributed by atoms with E-state index in [1.54, 1.807) is 17.1 Å². The van der Waals surface area contributed by atoms with Crippen molar-refractivity contribution in [2.75, 3.05) is 6.54 Å². The SMILES string of the molecule is O=C(NC[C@@H](c1ccco1)n1cccn1)c1cc2ccccc2s1. The Kier molecular flexibility index (Phi) is 3.88. The number of thiophene rings is 1. The Bertz CT molecular complexity index is 875. The molecule has 1 amide bonds. The topological polar surface area (TPSA) is 60.1 Å². The summed E-state index contributed by atoms with van der Waals surface area (Å²) in [6, 6.07) is 15.3. The van der Waals surface area contributed by atoms with Gasteiger partial charge in [0.2, 0.25) is 0 Å². The second-order valence-corrected chi connectivity index (χ2v) is 6.46. The summed E-state index contributed by atoms with van der Waals surface area (Å²) < 4.78 is 8.39. The molecule has 0 saturated heterocycles. The predicted octanol–water partition coefficient (Wildman–Crippen LogP) is 3.71. The molecule has 120 valence electrons. The summed E-state index contributed by atoms with van der Waals surface area (Å²) in [5, 5.41) is 8.34. The highest BCUT2D eigenvalue weighted by Crippen LogP contribution is 2.25. The van der Waals surface area contributed by atoms with Gasteiger partial charge < -0.3 is 9.73 Å². The van der Waals surface area contributed by atoms with Crippen LogP contribution in [0.5, 0.6) is 0 Å². The van der Waals surface area contributed by atoms with Gasteiger partial charge in [0.15, 0.2) is 0 Å². The number of aromatic nitrogens is 2. The molecule has 0 fully saturated rings. The van der Waals surface area contributed by atoms with Crippen LogP contribution in [0.2, 0.25) is 0 Å². The number of furan rings is 1. The maximum atomic E-state index is 12.5. The molecule has 0 aliphatic carbocycles. The smallest absolute Gasteiger partial charge is 0.261 e. The summed E-state index contributed by atoms with van der Waals surface area (Å²) in [7, 11) is 0. The van der Waals surface area contributed by atoms with Gasteiger partial charge in [-0.15, -0.1) is 11.3 Å². The van der Waals surface area contributed by atoms with Crippen molar-refractivity contribution in [1.29, 1.82) is 0 Å². The van der Waals surface area contributed by atoms with E-state index in [9.17, 15) is 4.79 Å². The number of nitrogens with zero attached hydrogens (tertiary/aromatic N) is 2. The van der Waals surface area contributed by atoms with Crippen molar-refractivity contribution in [2.24, 2.45) is 0 Å². The van der Waals surface area contributed by atoms with Crippen LogP contribution in [-0.4, -0.2) is 22.2 Å². The van der Waals surface area contributed by atoms with Crippen LogP contribution < -0.4 is 5.32 Å². The minimum atomic E-state index is -0.173. The molecule has 6 heteroatoms. The molecule has 0 bridgehead atoms. The molecule has 0 aliphatic heterocycles. The first-order valence-corrected chi connectivity index (χ1v) is 8.42. The first-order chi connectivity index (χ1) is 11.8. The van der Waals surface area contributed by atoms with E-state index in [0.717, 1.165) is 15.8 Å². The number of carbonyl (C=O) groups is 1. The fraction of sp³-hybridized carbons (Fsp3) is 0.111. The highest BCUT2D eigenvalue weighted by Gasteiger charge is 2.19. The minimum absolute atomic E-state index is 0.0834. The second kappa shape index (κ2) is 6.33. The second-order valence-electron chi connectivity index (χ2n) is 5.38. The molecule has 3 aromatic heterocycles. The van der Waals surface area contributed by atoms with Gasteiger partial charge in [-0.05, 0) is 35.7 Å². The summed E-state index contributed by atoms with van der Waals surface area (Å²) >= 11 is 1.49. The van der Waals surface area contributed by atoms with E-state index < -0.39 is 0 Å². The quantitative estimate of drug-likeness (QED) is 0.604. The number of rotatable bonds is 5. The monoisotopic (exact) mass is 337 g/mol. The van der Waals surface area contributed by atoms with Gasteiger partial charge in [-0.2, -0.15) is 5.10 Å². The first kappa shape index (κ1) is 14.7. The Labute approximate surface area is 142 Å².